The number of epoxide rings is 1. The van der Waals surface area contributed by atoms with Crippen molar-refractivity contribution >= 4 is 0 Å². The topological polar surface area (TPSA) is 30.4 Å². The molecule has 3 nitrogen and oxygen atoms in total. The van der Waals surface area contributed by atoms with Crippen LogP contribution in [0.15, 0.2) is 91.0 Å². The molecule has 4 aromatic rings. The fraction of sp³-hybridized carbons (Fsp3) is 0.125. The van der Waals surface area contributed by atoms with Crippen molar-refractivity contribution in [2.75, 3.05) is 6.61 Å². The lowest BCUT2D eigenvalue weighted by Crippen LogP contribution is -2.08. The summed E-state index contributed by atoms with van der Waals surface area (Å²) in [5.41, 5.74) is 5.59. The van der Waals surface area contributed by atoms with Crippen molar-refractivity contribution in [3.8, 4) is 33.9 Å². The quantitative estimate of drug-likeness (QED) is 0.457. The van der Waals surface area contributed by atoms with Gasteiger partial charge in [0.05, 0.1) is 30.6 Å². The second-order valence-corrected chi connectivity index (χ2v) is 6.80. The van der Waals surface area contributed by atoms with Gasteiger partial charge in [0.1, 0.15) is 5.82 Å². The Morgan fingerprint density at radius 2 is 1.26 bits per heavy atom. The Morgan fingerprint density at radius 3 is 1.81 bits per heavy atom. The molecule has 132 valence electrons. The molecule has 0 amide bonds. The molecule has 1 fully saturated rings. The van der Waals surface area contributed by atoms with Crippen molar-refractivity contribution in [3.05, 3.63) is 91.0 Å². The maximum Gasteiger partial charge on any atom is 0.141 e. The molecule has 2 heterocycles. The minimum absolute atomic E-state index is 0.271. The van der Waals surface area contributed by atoms with Gasteiger partial charge in [-0.3, -0.25) is 0 Å². The fourth-order valence-corrected chi connectivity index (χ4v) is 3.50. The molecule has 27 heavy (non-hydrogen) atoms. The smallest absolute Gasteiger partial charge is 0.141 e. The molecule has 0 spiro atoms. The Labute approximate surface area is 158 Å². The summed E-state index contributed by atoms with van der Waals surface area (Å²) >= 11 is 0. The standard InChI is InChI=1S/C24H20N2O/c1-4-10-18(11-5-1)22-23(19-12-6-2-7-13-19)26(16-21-17-27-21)24(25-22)20-14-8-3-9-15-20/h1-15,21H,16-17H2/t21-/m1/s1. The third-order valence-electron chi connectivity index (χ3n) is 4.88. The second kappa shape index (κ2) is 6.86. The average Bonchev–Trinajstić information content (AvgIpc) is 3.48. The number of nitrogens with zero attached hydrogens (tertiary/aromatic N) is 2. The van der Waals surface area contributed by atoms with Crippen molar-refractivity contribution in [1.82, 2.24) is 9.55 Å². The van der Waals surface area contributed by atoms with E-state index in [2.05, 4.69) is 83.4 Å². The number of ether oxygens (including phenoxy) is 1. The number of benzene rings is 3. The molecule has 0 unspecified atom stereocenters. The highest BCUT2D eigenvalue weighted by Crippen LogP contribution is 2.37. The van der Waals surface area contributed by atoms with Crippen LogP contribution in [-0.2, 0) is 11.3 Å². The van der Waals surface area contributed by atoms with E-state index in [1.54, 1.807) is 0 Å². The van der Waals surface area contributed by atoms with Crippen molar-refractivity contribution in [1.29, 1.82) is 0 Å². The zero-order valence-electron chi connectivity index (χ0n) is 15.0. The zero-order valence-corrected chi connectivity index (χ0v) is 15.0. The van der Waals surface area contributed by atoms with E-state index in [1.807, 2.05) is 12.1 Å². The summed E-state index contributed by atoms with van der Waals surface area (Å²) in [5, 5.41) is 0. The highest BCUT2D eigenvalue weighted by Gasteiger charge is 2.28. The summed E-state index contributed by atoms with van der Waals surface area (Å²) in [6, 6.07) is 31.3. The summed E-state index contributed by atoms with van der Waals surface area (Å²) < 4.78 is 7.88. The van der Waals surface area contributed by atoms with Gasteiger partial charge in [-0.1, -0.05) is 91.0 Å². The van der Waals surface area contributed by atoms with Gasteiger partial charge in [0.15, 0.2) is 0 Å². The number of hydrogen-bond donors (Lipinski definition) is 0. The molecule has 0 N–H and O–H groups in total. The van der Waals surface area contributed by atoms with Gasteiger partial charge in [-0.15, -0.1) is 0 Å². The lowest BCUT2D eigenvalue weighted by Gasteiger charge is -2.12. The molecule has 3 aromatic carbocycles. The minimum atomic E-state index is 0.271. The van der Waals surface area contributed by atoms with E-state index in [1.165, 1.54) is 5.56 Å². The first-order valence-electron chi connectivity index (χ1n) is 9.28. The van der Waals surface area contributed by atoms with Gasteiger partial charge in [-0.05, 0) is 0 Å². The van der Waals surface area contributed by atoms with Gasteiger partial charge in [-0.2, -0.15) is 0 Å². The van der Waals surface area contributed by atoms with Crippen molar-refractivity contribution < 1.29 is 4.74 Å². The third-order valence-corrected chi connectivity index (χ3v) is 4.88. The van der Waals surface area contributed by atoms with Crippen LogP contribution < -0.4 is 0 Å². The predicted octanol–water partition coefficient (Wildman–Crippen LogP) is 5.28. The molecule has 0 radical (unpaired) electrons. The molecule has 1 aliphatic rings. The molecular weight excluding hydrogens is 332 g/mol. The molecule has 5 rings (SSSR count). The second-order valence-electron chi connectivity index (χ2n) is 6.80. The summed E-state index contributed by atoms with van der Waals surface area (Å²) in [4.78, 5) is 5.12. The van der Waals surface area contributed by atoms with Crippen LogP contribution in [0.25, 0.3) is 33.9 Å². The normalized spacial score (nSPS) is 15.6. The SMILES string of the molecule is c1ccc(-c2nc(-c3ccccc3)n(C[C@@H]3CO3)c2-c2ccccc2)cc1. The molecular formula is C24H20N2O. The lowest BCUT2D eigenvalue weighted by molar-refractivity contribution is 0.384. The van der Waals surface area contributed by atoms with Gasteiger partial charge in [-0.25, -0.2) is 4.98 Å². The van der Waals surface area contributed by atoms with Crippen LogP contribution in [0.5, 0.6) is 0 Å². The molecule has 0 saturated carbocycles. The van der Waals surface area contributed by atoms with Crippen LogP contribution in [0.3, 0.4) is 0 Å². The van der Waals surface area contributed by atoms with E-state index in [4.69, 9.17) is 9.72 Å². The molecule has 1 atom stereocenters. The Morgan fingerprint density at radius 1 is 0.741 bits per heavy atom. The van der Waals surface area contributed by atoms with E-state index in [-0.39, 0.29) is 6.10 Å². The van der Waals surface area contributed by atoms with Gasteiger partial charge in [0, 0.05) is 16.7 Å². The molecule has 3 heteroatoms. The van der Waals surface area contributed by atoms with Crippen molar-refractivity contribution in [2.45, 2.75) is 12.6 Å². The minimum Gasteiger partial charge on any atom is -0.371 e. The molecule has 1 saturated heterocycles. The van der Waals surface area contributed by atoms with Crippen LogP contribution in [0, 0.1) is 0 Å². The Balaban J connectivity index is 1.78. The molecule has 1 aliphatic heterocycles. The maximum absolute atomic E-state index is 5.56. The highest BCUT2D eigenvalue weighted by atomic mass is 16.6. The first-order valence-corrected chi connectivity index (χ1v) is 9.28. The maximum atomic E-state index is 5.56. The molecule has 0 bridgehead atoms. The average molecular weight is 352 g/mol. The first-order chi connectivity index (χ1) is 13.4. The van der Waals surface area contributed by atoms with Crippen LogP contribution in [0.4, 0.5) is 0 Å². The lowest BCUT2D eigenvalue weighted by atomic mass is 10.0. The van der Waals surface area contributed by atoms with E-state index in [0.29, 0.717) is 0 Å². The summed E-state index contributed by atoms with van der Waals surface area (Å²) in [6.45, 7) is 1.63. The van der Waals surface area contributed by atoms with Gasteiger partial charge in [0.2, 0.25) is 0 Å². The zero-order chi connectivity index (χ0) is 18.1. The van der Waals surface area contributed by atoms with Gasteiger partial charge in [0.25, 0.3) is 0 Å². The fourth-order valence-electron chi connectivity index (χ4n) is 3.50. The summed E-state index contributed by atoms with van der Waals surface area (Å²) in [6.07, 6.45) is 0.271. The third kappa shape index (κ3) is 3.18. The van der Waals surface area contributed by atoms with Crippen LogP contribution in [-0.4, -0.2) is 22.3 Å². The van der Waals surface area contributed by atoms with E-state index in [0.717, 1.165) is 41.5 Å². The van der Waals surface area contributed by atoms with E-state index in [9.17, 15) is 0 Å². The monoisotopic (exact) mass is 352 g/mol. The number of imidazole rings is 1. The first kappa shape index (κ1) is 16.0. The van der Waals surface area contributed by atoms with Gasteiger partial charge >= 0.3 is 0 Å². The number of aromatic nitrogens is 2. The summed E-state index contributed by atoms with van der Waals surface area (Å²) in [5.74, 6) is 0.990. The summed E-state index contributed by atoms with van der Waals surface area (Å²) in [7, 11) is 0. The van der Waals surface area contributed by atoms with E-state index >= 15 is 0 Å². The largest absolute Gasteiger partial charge is 0.371 e. The predicted molar refractivity (Wildman–Crippen MR) is 108 cm³/mol. The number of hydrogen-bond acceptors (Lipinski definition) is 2. The molecule has 0 aliphatic carbocycles. The molecule has 1 aromatic heterocycles. The Hall–Kier alpha value is -3.17. The Bertz CT molecular complexity index is 1040. The van der Waals surface area contributed by atoms with Crippen molar-refractivity contribution in [2.24, 2.45) is 0 Å². The van der Waals surface area contributed by atoms with Crippen molar-refractivity contribution in [3.63, 3.8) is 0 Å². The number of rotatable bonds is 5. The highest BCUT2D eigenvalue weighted by molar-refractivity contribution is 5.82. The Kier molecular flexibility index (Phi) is 4.07. The van der Waals surface area contributed by atoms with Crippen LogP contribution in [0.2, 0.25) is 0 Å². The van der Waals surface area contributed by atoms with Crippen LogP contribution >= 0.6 is 0 Å². The van der Waals surface area contributed by atoms with E-state index < -0.39 is 0 Å². The van der Waals surface area contributed by atoms with Crippen LogP contribution in [0.1, 0.15) is 0 Å². The van der Waals surface area contributed by atoms with Gasteiger partial charge < -0.3 is 9.30 Å².